The molecule has 0 spiro atoms. The highest BCUT2D eigenvalue weighted by Crippen LogP contribution is 2.34. The predicted octanol–water partition coefficient (Wildman–Crippen LogP) is 3.10. The van der Waals surface area contributed by atoms with Crippen LogP contribution in [0.5, 0.6) is 0 Å². The van der Waals surface area contributed by atoms with Gasteiger partial charge >= 0.3 is 0 Å². The Morgan fingerprint density at radius 3 is 2.18 bits per heavy atom. The fraction of sp³-hybridized carbons (Fsp3) is 0.462. The molecule has 0 bridgehead atoms. The van der Waals surface area contributed by atoms with Gasteiger partial charge in [0, 0.05) is 11.0 Å². The highest BCUT2D eigenvalue weighted by atomic mass is 19.3. The lowest BCUT2D eigenvalue weighted by molar-refractivity contribution is -0.0916. The number of benzene rings is 1. The van der Waals surface area contributed by atoms with E-state index < -0.39 is 23.8 Å². The number of carbonyl (C=O) groups excluding carboxylic acids is 1. The van der Waals surface area contributed by atoms with Gasteiger partial charge in [0.1, 0.15) is 0 Å². The predicted molar refractivity (Wildman–Crippen MR) is 63.2 cm³/mol. The minimum atomic E-state index is -2.93. The van der Waals surface area contributed by atoms with Gasteiger partial charge in [-0.25, -0.2) is 8.78 Å². The number of hydrogen-bond acceptors (Lipinski definition) is 1. The lowest BCUT2D eigenvalue weighted by Gasteiger charge is -2.30. The van der Waals surface area contributed by atoms with Crippen LogP contribution in [0.2, 0.25) is 0 Å². The average molecular weight is 241 g/mol. The van der Waals surface area contributed by atoms with E-state index in [0.717, 1.165) is 0 Å². The first-order valence-corrected chi connectivity index (χ1v) is 5.45. The summed E-state index contributed by atoms with van der Waals surface area (Å²) in [4.78, 5) is 11.6. The maximum absolute atomic E-state index is 13.6. The van der Waals surface area contributed by atoms with E-state index in [1.807, 2.05) is 0 Å². The molecule has 17 heavy (non-hydrogen) atoms. The monoisotopic (exact) mass is 241 g/mol. The van der Waals surface area contributed by atoms with Gasteiger partial charge in [-0.05, 0) is 12.1 Å². The van der Waals surface area contributed by atoms with E-state index in [1.165, 1.54) is 20.8 Å². The zero-order chi connectivity index (χ0) is 13.1. The Hall–Kier alpha value is -1.45. The molecule has 0 heterocycles. The van der Waals surface area contributed by atoms with Crippen LogP contribution < -0.4 is 5.32 Å². The van der Waals surface area contributed by atoms with Crippen molar-refractivity contribution < 1.29 is 13.6 Å². The second-order valence-electron chi connectivity index (χ2n) is 5.00. The van der Waals surface area contributed by atoms with Crippen LogP contribution in [0.1, 0.15) is 31.1 Å². The highest BCUT2D eigenvalue weighted by molar-refractivity contribution is 5.94. The molecule has 1 aromatic rings. The first-order chi connectivity index (χ1) is 7.74. The Bertz CT molecular complexity index is 382. The van der Waals surface area contributed by atoms with E-state index in [1.54, 1.807) is 30.3 Å². The summed E-state index contributed by atoms with van der Waals surface area (Å²) in [5, 5.41) is 2.26. The van der Waals surface area contributed by atoms with Gasteiger partial charge in [0.25, 0.3) is 11.8 Å². The number of hydrogen-bond donors (Lipinski definition) is 1. The van der Waals surface area contributed by atoms with Crippen LogP contribution in [0.4, 0.5) is 8.78 Å². The van der Waals surface area contributed by atoms with Gasteiger partial charge in [0.05, 0.1) is 6.54 Å². The molecule has 0 unspecified atom stereocenters. The molecule has 2 nitrogen and oxygen atoms in total. The lowest BCUT2D eigenvalue weighted by atomic mass is 9.88. The van der Waals surface area contributed by atoms with Crippen molar-refractivity contribution in [1.82, 2.24) is 5.32 Å². The number of alkyl halides is 2. The maximum atomic E-state index is 13.6. The molecule has 0 aliphatic rings. The quantitative estimate of drug-likeness (QED) is 0.865. The van der Waals surface area contributed by atoms with Crippen molar-refractivity contribution in [3.8, 4) is 0 Å². The minimum Gasteiger partial charge on any atom is -0.346 e. The summed E-state index contributed by atoms with van der Waals surface area (Å²) >= 11 is 0. The van der Waals surface area contributed by atoms with E-state index in [2.05, 4.69) is 5.32 Å². The summed E-state index contributed by atoms with van der Waals surface area (Å²) in [6.45, 7) is 3.69. The summed E-state index contributed by atoms with van der Waals surface area (Å²) < 4.78 is 27.2. The fourth-order valence-corrected chi connectivity index (χ4v) is 1.15. The molecule has 1 amide bonds. The third kappa shape index (κ3) is 3.51. The van der Waals surface area contributed by atoms with Gasteiger partial charge in [-0.15, -0.1) is 0 Å². The Balaban J connectivity index is 2.61. The van der Waals surface area contributed by atoms with E-state index >= 15 is 0 Å². The summed E-state index contributed by atoms with van der Waals surface area (Å²) in [6.07, 6.45) is 0. The smallest absolute Gasteiger partial charge is 0.269 e. The lowest BCUT2D eigenvalue weighted by Crippen LogP contribution is -2.45. The zero-order valence-electron chi connectivity index (χ0n) is 10.3. The van der Waals surface area contributed by atoms with Gasteiger partial charge < -0.3 is 5.32 Å². The van der Waals surface area contributed by atoms with E-state index in [4.69, 9.17) is 0 Å². The Labute approximate surface area is 100 Å². The number of amides is 1. The van der Waals surface area contributed by atoms with Gasteiger partial charge in [0.2, 0.25) is 0 Å². The Morgan fingerprint density at radius 2 is 1.71 bits per heavy atom. The molecule has 1 N–H and O–H groups in total. The molecule has 0 aliphatic carbocycles. The van der Waals surface area contributed by atoms with Crippen LogP contribution in [0.25, 0.3) is 0 Å². The number of carbonyl (C=O) groups is 1. The maximum Gasteiger partial charge on any atom is 0.269 e. The molecule has 0 saturated carbocycles. The summed E-state index contributed by atoms with van der Waals surface area (Å²) in [7, 11) is 0. The van der Waals surface area contributed by atoms with Gasteiger partial charge in [-0.2, -0.15) is 0 Å². The minimum absolute atomic E-state index is 0.386. The molecule has 4 heteroatoms. The molecule has 94 valence electrons. The molecule has 0 radical (unpaired) electrons. The number of halogens is 2. The van der Waals surface area contributed by atoms with E-state index in [9.17, 15) is 13.6 Å². The fourth-order valence-electron chi connectivity index (χ4n) is 1.15. The molecule has 1 aromatic carbocycles. The molecule has 0 saturated heterocycles. The average Bonchev–Trinajstić information content (AvgIpc) is 2.25. The molecule has 0 atom stereocenters. The summed E-state index contributed by atoms with van der Waals surface area (Å²) in [6, 6.07) is 8.32. The SMILES string of the molecule is CC(C)(C)C(F)(F)CNC(=O)c1ccccc1. The highest BCUT2D eigenvalue weighted by Gasteiger charge is 2.42. The van der Waals surface area contributed by atoms with Gasteiger partial charge in [-0.3, -0.25) is 4.79 Å². The molecule has 0 fully saturated rings. The molecular weight excluding hydrogens is 224 g/mol. The van der Waals surface area contributed by atoms with Crippen LogP contribution in [0, 0.1) is 5.41 Å². The van der Waals surface area contributed by atoms with Crippen molar-refractivity contribution in [2.24, 2.45) is 5.41 Å². The third-order valence-corrected chi connectivity index (χ3v) is 2.60. The van der Waals surface area contributed by atoms with Gasteiger partial charge in [-0.1, -0.05) is 39.0 Å². The third-order valence-electron chi connectivity index (χ3n) is 2.60. The molecule has 1 rings (SSSR count). The Morgan fingerprint density at radius 1 is 1.18 bits per heavy atom. The van der Waals surface area contributed by atoms with Crippen molar-refractivity contribution in [2.45, 2.75) is 26.7 Å². The van der Waals surface area contributed by atoms with Crippen molar-refractivity contribution in [2.75, 3.05) is 6.54 Å². The molecular formula is C13H17F2NO. The number of rotatable bonds is 3. The number of nitrogens with one attached hydrogen (secondary N) is 1. The van der Waals surface area contributed by atoms with Gasteiger partial charge in [0.15, 0.2) is 0 Å². The van der Waals surface area contributed by atoms with Crippen LogP contribution >= 0.6 is 0 Å². The Kier molecular flexibility index (Phi) is 3.86. The van der Waals surface area contributed by atoms with Crippen LogP contribution in [0.15, 0.2) is 30.3 Å². The topological polar surface area (TPSA) is 29.1 Å². The van der Waals surface area contributed by atoms with Crippen molar-refractivity contribution in [1.29, 1.82) is 0 Å². The van der Waals surface area contributed by atoms with Crippen LogP contribution in [-0.4, -0.2) is 18.4 Å². The summed E-state index contributed by atoms with van der Waals surface area (Å²) in [5.74, 6) is -3.41. The van der Waals surface area contributed by atoms with Crippen molar-refractivity contribution in [3.63, 3.8) is 0 Å². The first kappa shape index (κ1) is 13.6. The molecule has 0 aliphatic heterocycles. The van der Waals surface area contributed by atoms with Crippen molar-refractivity contribution >= 4 is 5.91 Å². The van der Waals surface area contributed by atoms with Crippen molar-refractivity contribution in [3.05, 3.63) is 35.9 Å². The normalized spacial score (nSPS) is 12.3. The standard InChI is InChI=1S/C13H17F2NO/c1-12(2,3)13(14,15)9-16-11(17)10-7-5-4-6-8-10/h4-8H,9H2,1-3H3,(H,16,17). The second kappa shape index (κ2) is 4.82. The van der Waals surface area contributed by atoms with E-state index in [0.29, 0.717) is 5.56 Å². The summed E-state index contributed by atoms with van der Waals surface area (Å²) in [5.41, 5.74) is -0.783. The van der Waals surface area contributed by atoms with E-state index in [-0.39, 0.29) is 0 Å². The largest absolute Gasteiger partial charge is 0.346 e. The zero-order valence-corrected chi connectivity index (χ0v) is 10.3. The second-order valence-corrected chi connectivity index (χ2v) is 5.00. The van der Waals surface area contributed by atoms with Crippen LogP contribution in [-0.2, 0) is 0 Å². The first-order valence-electron chi connectivity index (χ1n) is 5.45. The van der Waals surface area contributed by atoms with Crippen LogP contribution in [0.3, 0.4) is 0 Å². The molecule has 0 aromatic heterocycles.